The van der Waals surface area contributed by atoms with Crippen molar-refractivity contribution >= 4 is 85.1 Å². The van der Waals surface area contributed by atoms with Crippen LogP contribution in [-0.4, -0.2) is 142 Å². The number of aryl methyl sites for hydroxylation is 5. The molecule has 0 fully saturated rings. The minimum Gasteiger partial charge on any atom is -0.471 e. The second kappa shape index (κ2) is 56.1. The number of anilines is 7. The van der Waals surface area contributed by atoms with E-state index in [-0.39, 0.29) is 83.9 Å². The maximum atomic E-state index is 6.34. The summed E-state index contributed by atoms with van der Waals surface area (Å²) in [5.41, 5.74) is 90.6. The van der Waals surface area contributed by atoms with Crippen LogP contribution in [0.3, 0.4) is 0 Å². The van der Waals surface area contributed by atoms with E-state index in [9.17, 15) is 0 Å². The van der Waals surface area contributed by atoms with Gasteiger partial charge in [-0.2, -0.15) is 0 Å². The normalized spacial score (nSPS) is 13.4. The highest BCUT2D eigenvalue weighted by Gasteiger charge is 2.59. The van der Waals surface area contributed by atoms with Gasteiger partial charge >= 0.3 is 45.2 Å². The maximum Gasteiger partial charge on any atom is 0.966 e. The van der Waals surface area contributed by atoms with Crippen molar-refractivity contribution in [1.29, 1.82) is 0 Å². The molecule has 0 aliphatic heterocycles. The molecule has 738 valence electrons. The summed E-state index contributed by atoms with van der Waals surface area (Å²) in [6.07, 6.45) is -0.665. The lowest BCUT2D eigenvalue weighted by Gasteiger charge is -2.32. The summed E-state index contributed by atoms with van der Waals surface area (Å²) in [6, 6.07) is 85.7. The van der Waals surface area contributed by atoms with Crippen molar-refractivity contribution in [2.24, 2.45) is 40.1 Å². The Hall–Kier alpha value is -12.7. The number of nitrogen functional groups attached to an aromatic ring is 7. The Kier molecular flexibility index (Phi) is 45.6. The Morgan fingerprint density at radius 1 is 0.219 bits per heavy atom. The van der Waals surface area contributed by atoms with Gasteiger partial charge in [0.05, 0.1) is 45.2 Å². The van der Waals surface area contributed by atoms with Crippen LogP contribution in [0.25, 0.3) is 0 Å². The first-order valence-corrected chi connectivity index (χ1v) is 52.0. The third kappa shape index (κ3) is 40.3. The lowest BCUT2D eigenvalue weighted by Crippen LogP contribution is -2.60. The van der Waals surface area contributed by atoms with Crippen molar-refractivity contribution in [3.63, 3.8) is 0 Å². The summed E-state index contributed by atoms with van der Waals surface area (Å²) in [4.78, 5) is 0. The largest absolute Gasteiger partial charge is 0.966 e. The fraction of sp³-hybridized carbons (Fsp3) is 0.265. The van der Waals surface area contributed by atoms with E-state index in [1.54, 1.807) is 170 Å². The zero-order chi connectivity index (χ0) is 98.7. The van der Waals surface area contributed by atoms with Gasteiger partial charge in [-0.1, -0.05) is 95.9 Å². The van der Waals surface area contributed by atoms with Gasteiger partial charge in [0.2, 0.25) is 0 Å². The zero-order valence-corrected chi connectivity index (χ0v) is 83.7. The van der Waals surface area contributed by atoms with Crippen LogP contribution in [-0.2, 0) is 35.4 Å². The molecule has 0 aromatic heterocycles. The molecule has 12 aromatic rings. The van der Waals surface area contributed by atoms with Crippen LogP contribution in [0.15, 0.2) is 291 Å². The predicted molar refractivity (Wildman–Crippen MR) is 550 cm³/mol. The highest BCUT2D eigenvalue weighted by Crippen LogP contribution is 2.34. The molecule has 0 aliphatic rings. The molecule has 0 heterocycles. The van der Waals surface area contributed by atoms with E-state index < -0.39 is 45.2 Å². The Morgan fingerprint density at radius 3 is 0.540 bits per heavy atom. The number of nitrogens with two attached hydrogens (primary N) is 14. The molecule has 34 nitrogen and oxygen atoms in total. The number of hydrogen-bond donors (Lipinski definition) is 14. The topological polar surface area (TPSA) is 549 Å². The molecule has 6 unspecified atom stereocenters. The average Bonchev–Trinajstić information content (AvgIpc) is 0.599. The third-order valence-electron chi connectivity index (χ3n) is 18.1. The zero-order valence-electron chi connectivity index (χ0n) is 78.7. The van der Waals surface area contributed by atoms with E-state index in [4.69, 9.17) is 169 Å². The minimum absolute atomic E-state index is 0. The monoisotopic (exact) mass is 1970 g/mol. The van der Waals surface area contributed by atoms with E-state index in [1.807, 2.05) is 191 Å². The molecule has 0 aliphatic carbocycles. The maximum absolute atomic E-state index is 6.34. The lowest BCUT2D eigenvalue weighted by atomic mass is 10.2. The van der Waals surface area contributed by atoms with Crippen molar-refractivity contribution in [3.05, 3.63) is 319 Å². The van der Waals surface area contributed by atoms with Gasteiger partial charge in [-0.3, -0.25) is 0 Å². The fourth-order valence-electron chi connectivity index (χ4n) is 11.0. The van der Waals surface area contributed by atoms with Gasteiger partial charge in [0.15, 0.2) is 0 Å². The first-order chi connectivity index (χ1) is 65.0. The van der Waals surface area contributed by atoms with Crippen molar-refractivity contribution in [3.8, 4) is 69.0 Å². The fourth-order valence-corrected chi connectivity index (χ4v) is 21.1. The van der Waals surface area contributed by atoms with Gasteiger partial charge in [-0.05, 0) is 300 Å². The third-order valence-corrected chi connectivity index (χ3v) is 28.5. The van der Waals surface area contributed by atoms with Gasteiger partial charge in [-0.25, -0.2) is 0 Å². The van der Waals surface area contributed by atoms with Crippen LogP contribution < -0.4 is 133 Å². The molecule has 0 bridgehead atoms. The molecule has 137 heavy (non-hydrogen) atoms. The number of rotatable bonds is 46. The molecule has 12 rings (SSSR count). The predicted octanol–water partition coefficient (Wildman–Crippen LogP) is 13.7. The van der Waals surface area contributed by atoms with Gasteiger partial charge in [-0.15, -0.1) is 0 Å². The van der Waals surface area contributed by atoms with Gasteiger partial charge < -0.3 is 169 Å². The molecular weight excluding hydrogens is 1830 g/mol. The average molecular weight is 1970 g/mol. The van der Waals surface area contributed by atoms with Crippen molar-refractivity contribution in [2.75, 3.05) is 106 Å². The van der Waals surface area contributed by atoms with Crippen LogP contribution >= 0.6 is 0 Å². The second-order valence-electron chi connectivity index (χ2n) is 31.4. The summed E-state index contributed by atoms with van der Waals surface area (Å²) < 4.78 is 121. The summed E-state index contributed by atoms with van der Waals surface area (Å²) in [6.45, 7) is 21.5. The molecule has 0 radical (unpaired) electrons. The van der Waals surface area contributed by atoms with Crippen LogP contribution in [0.1, 0.15) is 69.9 Å². The summed E-state index contributed by atoms with van der Waals surface area (Å²) >= 11 is 0. The smallest absolute Gasteiger partial charge is 0.471 e. The minimum atomic E-state index is -3.95. The van der Waals surface area contributed by atoms with E-state index in [0.29, 0.717) is 122 Å². The molecular formula is C98H136N14O20Si5. The molecule has 6 atom stereocenters. The summed E-state index contributed by atoms with van der Waals surface area (Å²) in [5, 5.41) is 0. The quantitative estimate of drug-likeness (QED) is 0.0124. The van der Waals surface area contributed by atoms with E-state index in [2.05, 4.69) is 0 Å². The highest BCUT2D eigenvalue weighted by atomic mass is 28.4. The van der Waals surface area contributed by atoms with Crippen LogP contribution in [0.4, 0.5) is 39.8 Å². The van der Waals surface area contributed by atoms with Gasteiger partial charge in [0, 0.05) is 91.2 Å². The first kappa shape index (κ1) is 111. The second-order valence-corrected chi connectivity index (χ2v) is 41.2. The van der Waals surface area contributed by atoms with E-state index in [0.717, 1.165) is 27.8 Å². The van der Waals surface area contributed by atoms with Crippen molar-refractivity contribution < 1.29 is 88.5 Å². The lowest BCUT2D eigenvalue weighted by molar-refractivity contribution is -0.00412. The van der Waals surface area contributed by atoms with E-state index >= 15 is 0 Å². The molecule has 0 saturated carbocycles. The van der Waals surface area contributed by atoms with Crippen LogP contribution in [0.5, 0.6) is 69.0 Å². The van der Waals surface area contributed by atoms with Crippen LogP contribution in [0.2, 0.25) is 0 Å². The van der Waals surface area contributed by atoms with E-state index in [1.165, 1.54) is 7.11 Å². The van der Waals surface area contributed by atoms with Crippen molar-refractivity contribution in [1.82, 2.24) is 0 Å². The standard InChI is InChI=1S/C25H25N3O4Si.2C19H29N3O4Si.C17H25N3O4Si.C17H24N2O4Si.CH4/c1-18-2-10-22(11-3-18)29-33(30-23-12-4-19(26)5-13-23,31-24-14-6-20(27)7-15-24)32-25-16-8-21(28)9-17-25;1-14-4-8-18(9-5-14)25-27(23-12-15(2)20,24-13-16(3)21)26-19-10-6-17(22)7-11-19;1-14-4-8-18(9-5-14)25-27(23-15(2)12-20,24-16(3)13-21)26-19-10-6-17(22)7-11-19;1-14-2-6-16(7-3-14)23-25(21-12-10-18,22-13-11-19)24-17-8-4-15(20)5-9-17;1-13-4-8-16(9-5-13)22-24(20-3,21-12-14(2)18)23-17-10-6-15(19)7-11-17;/h2-17H,26-28H2,1H3;2*4-11,15-16H,12-13,20-22H2,1-3H3;2-9H,10-13,18-20H2,1H3;4-11,14H,12,18-19H2,1-3H3;1H4. The molecule has 39 heteroatoms. The highest BCUT2D eigenvalue weighted by molar-refractivity contribution is 6.58. The van der Waals surface area contributed by atoms with Gasteiger partial charge in [0.25, 0.3) is 0 Å². The first-order valence-electron chi connectivity index (χ1n) is 43.8. The molecule has 0 amide bonds. The van der Waals surface area contributed by atoms with Crippen LogP contribution in [0, 0.1) is 34.6 Å². The summed E-state index contributed by atoms with van der Waals surface area (Å²) in [7, 11) is -16.8. The summed E-state index contributed by atoms with van der Waals surface area (Å²) in [5.74, 6) is 6.46. The Labute approximate surface area is 810 Å². The Balaban J connectivity index is 0.000000234. The molecule has 0 saturated heterocycles. The number of hydrogen-bond acceptors (Lipinski definition) is 34. The Morgan fingerprint density at radius 2 is 0.372 bits per heavy atom. The molecule has 12 aromatic carbocycles. The van der Waals surface area contributed by atoms with Crippen molar-refractivity contribution in [2.45, 2.75) is 107 Å². The molecule has 0 spiro atoms. The van der Waals surface area contributed by atoms with Gasteiger partial charge in [0.1, 0.15) is 69.0 Å². The SMILES string of the molecule is C.CO[Si](OCC(C)N)(Oc1ccc(C)cc1)Oc1ccc(N)cc1.Cc1ccc(O[Si](OCC(C)N)(OCC(C)N)Oc2ccc(N)cc2)cc1.Cc1ccc(O[Si](OCCN)(OCCN)Oc2ccc(N)cc2)cc1.Cc1ccc(O[Si](Oc2ccc(N)cc2)(OC(C)CN)OC(C)CN)cc1.Cc1ccc(O[Si](Oc2ccc(N)cc2)(Oc2ccc(N)cc2)Oc2ccc(N)cc2)cc1. The number of benzene rings is 12. The molecule has 28 N–H and O–H groups in total. The Bertz CT molecular complexity index is 4950.